The van der Waals surface area contributed by atoms with Crippen LogP contribution in [0.2, 0.25) is 0 Å². The molecule has 0 amide bonds. The van der Waals surface area contributed by atoms with Gasteiger partial charge in [-0.2, -0.15) is 0 Å². The summed E-state index contributed by atoms with van der Waals surface area (Å²) in [6.45, 7) is 9.90. The summed E-state index contributed by atoms with van der Waals surface area (Å²) in [6, 6.07) is 0. The lowest BCUT2D eigenvalue weighted by atomic mass is 10.1. The number of aromatic nitrogens is 1. The van der Waals surface area contributed by atoms with Gasteiger partial charge in [0.15, 0.2) is 5.96 Å². The van der Waals surface area contributed by atoms with Gasteiger partial charge in [-0.25, -0.2) is 4.98 Å². The Hall–Kier alpha value is -0.410. The molecular weight excluding hydrogens is 421 g/mol. The maximum atomic E-state index is 4.48. The van der Waals surface area contributed by atoms with Crippen LogP contribution in [0.3, 0.4) is 0 Å². The molecule has 1 aliphatic rings. The van der Waals surface area contributed by atoms with Gasteiger partial charge >= 0.3 is 0 Å². The highest BCUT2D eigenvalue weighted by molar-refractivity contribution is 14.0. The molecule has 0 radical (unpaired) electrons. The van der Waals surface area contributed by atoms with Crippen molar-refractivity contribution in [3.05, 3.63) is 16.1 Å². The molecule has 23 heavy (non-hydrogen) atoms. The van der Waals surface area contributed by atoms with Crippen LogP contribution in [-0.2, 0) is 6.42 Å². The van der Waals surface area contributed by atoms with Crippen molar-refractivity contribution in [1.82, 2.24) is 20.5 Å². The molecule has 0 spiro atoms. The summed E-state index contributed by atoms with van der Waals surface area (Å²) in [5.41, 5.74) is 1.16. The van der Waals surface area contributed by atoms with Crippen molar-refractivity contribution in [2.24, 2.45) is 10.9 Å². The van der Waals surface area contributed by atoms with E-state index in [1.165, 1.54) is 32.5 Å². The van der Waals surface area contributed by atoms with E-state index in [0.717, 1.165) is 36.2 Å². The van der Waals surface area contributed by atoms with Crippen molar-refractivity contribution in [3.8, 4) is 0 Å². The van der Waals surface area contributed by atoms with Crippen LogP contribution in [0.25, 0.3) is 0 Å². The molecule has 132 valence electrons. The minimum Gasteiger partial charge on any atom is -0.356 e. The van der Waals surface area contributed by atoms with Gasteiger partial charge in [-0.3, -0.25) is 4.99 Å². The molecule has 1 fully saturated rings. The molecule has 0 saturated carbocycles. The van der Waals surface area contributed by atoms with Gasteiger partial charge in [-0.05, 0) is 38.8 Å². The lowest BCUT2D eigenvalue weighted by molar-refractivity contribution is 0.287. The third-order valence-corrected chi connectivity index (χ3v) is 4.77. The second-order valence-electron chi connectivity index (χ2n) is 6.10. The first kappa shape index (κ1) is 20.6. The molecule has 2 heterocycles. The molecule has 1 aromatic heterocycles. The molecule has 7 heteroatoms. The zero-order valence-electron chi connectivity index (χ0n) is 14.5. The van der Waals surface area contributed by atoms with E-state index in [1.807, 2.05) is 14.0 Å². The van der Waals surface area contributed by atoms with E-state index >= 15 is 0 Å². The van der Waals surface area contributed by atoms with Gasteiger partial charge in [-0.15, -0.1) is 35.3 Å². The fourth-order valence-electron chi connectivity index (χ4n) is 2.79. The number of likely N-dealkylation sites (tertiary alicyclic amines) is 1. The first-order chi connectivity index (χ1) is 10.7. The molecule has 0 bridgehead atoms. The van der Waals surface area contributed by atoms with Crippen molar-refractivity contribution in [1.29, 1.82) is 0 Å². The Bertz CT molecular complexity index is 471. The second kappa shape index (κ2) is 11.2. The predicted molar refractivity (Wildman–Crippen MR) is 110 cm³/mol. The highest BCUT2D eigenvalue weighted by Gasteiger charge is 2.14. The number of aliphatic imine (C=N–C) groups is 1. The van der Waals surface area contributed by atoms with Gasteiger partial charge in [0.1, 0.15) is 0 Å². The van der Waals surface area contributed by atoms with Crippen molar-refractivity contribution in [2.45, 2.75) is 33.1 Å². The third kappa shape index (κ3) is 7.80. The number of hydrogen-bond acceptors (Lipinski definition) is 4. The van der Waals surface area contributed by atoms with E-state index in [9.17, 15) is 0 Å². The Morgan fingerprint density at radius 1 is 1.39 bits per heavy atom. The quantitative estimate of drug-likeness (QED) is 0.380. The van der Waals surface area contributed by atoms with Crippen molar-refractivity contribution >= 4 is 41.3 Å². The maximum Gasteiger partial charge on any atom is 0.190 e. The molecule has 1 unspecified atom stereocenters. The van der Waals surface area contributed by atoms with Crippen LogP contribution >= 0.6 is 35.3 Å². The molecule has 0 aromatic carbocycles. The average Bonchev–Trinajstić information content (AvgIpc) is 3.14. The number of hydrogen-bond donors (Lipinski definition) is 2. The highest BCUT2D eigenvalue weighted by atomic mass is 127. The minimum absolute atomic E-state index is 0. The summed E-state index contributed by atoms with van der Waals surface area (Å²) >= 11 is 1.71. The van der Waals surface area contributed by atoms with E-state index < -0.39 is 0 Å². The maximum absolute atomic E-state index is 4.48. The van der Waals surface area contributed by atoms with Crippen LogP contribution in [0.5, 0.6) is 0 Å². The average molecular weight is 451 g/mol. The number of nitrogens with one attached hydrogen (secondary N) is 2. The Morgan fingerprint density at radius 3 is 2.74 bits per heavy atom. The normalized spacial score (nSPS) is 16.9. The molecule has 0 aliphatic carbocycles. The zero-order chi connectivity index (χ0) is 15.8. The standard InChI is InChI=1S/C16H29N5S.HI/c1-13(11-21-8-4-5-9-21)10-19-16(17-3)18-7-6-15-12-22-14(2)20-15;/h12-13H,4-11H2,1-3H3,(H2,17,18,19);1H. The van der Waals surface area contributed by atoms with Crippen LogP contribution < -0.4 is 10.6 Å². The highest BCUT2D eigenvalue weighted by Crippen LogP contribution is 2.10. The van der Waals surface area contributed by atoms with Crippen LogP contribution in [0.4, 0.5) is 0 Å². The van der Waals surface area contributed by atoms with Gasteiger partial charge in [0.05, 0.1) is 10.7 Å². The summed E-state index contributed by atoms with van der Waals surface area (Å²) in [6.07, 6.45) is 3.66. The summed E-state index contributed by atoms with van der Waals surface area (Å²) in [4.78, 5) is 11.3. The molecule has 2 rings (SSSR count). The van der Waals surface area contributed by atoms with E-state index in [2.05, 4.69) is 37.8 Å². The molecule has 5 nitrogen and oxygen atoms in total. The smallest absolute Gasteiger partial charge is 0.190 e. The number of nitrogens with zero attached hydrogens (tertiary/aromatic N) is 3. The monoisotopic (exact) mass is 451 g/mol. The first-order valence-corrected chi connectivity index (χ1v) is 9.13. The molecule has 1 atom stereocenters. The predicted octanol–water partition coefficient (Wildman–Crippen LogP) is 2.51. The van der Waals surface area contributed by atoms with Crippen LogP contribution in [-0.4, -0.2) is 55.6 Å². The largest absolute Gasteiger partial charge is 0.356 e. The Labute approximate surface area is 161 Å². The molecular formula is C16H30IN5S. The summed E-state index contributed by atoms with van der Waals surface area (Å²) < 4.78 is 0. The molecule has 1 aromatic rings. The topological polar surface area (TPSA) is 52.6 Å². The van der Waals surface area contributed by atoms with E-state index in [1.54, 1.807) is 11.3 Å². The summed E-state index contributed by atoms with van der Waals surface area (Å²) in [5.74, 6) is 1.53. The number of thiazole rings is 1. The van der Waals surface area contributed by atoms with Crippen molar-refractivity contribution < 1.29 is 0 Å². The van der Waals surface area contributed by atoms with Crippen LogP contribution in [0, 0.1) is 12.8 Å². The number of aryl methyl sites for hydroxylation is 1. The van der Waals surface area contributed by atoms with Crippen molar-refractivity contribution in [2.75, 3.05) is 39.8 Å². The lowest BCUT2D eigenvalue weighted by Crippen LogP contribution is -2.42. The van der Waals surface area contributed by atoms with Gasteiger partial charge in [0.2, 0.25) is 0 Å². The SMILES string of the molecule is CN=C(NCCc1csc(C)n1)NCC(C)CN1CCCC1.I. The van der Waals surface area contributed by atoms with Crippen LogP contribution in [0.1, 0.15) is 30.5 Å². The summed E-state index contributed by atoms with van der Waals surface area (Å²) in [7, 11) is 1.83. The van der Waals surface area contributed by atoms with Crippen molar-refractivity contribution in [3.63, 3.8) is 0 Å². The van der Waals surface area contributed by atoms with Gasteiger partial charge in [-0.1, -0.05) is 6.92 Å². The van der Waals surface area contributed by atoms with E-state index in [-0.39, 0.29) is 24.0 Å². The zero-order valence-corrected chi connectivity index (χ0v) is 17.6. The van der Waals surface area contributed by atoms with E-state index in [4.69, 9.17) is 0 Å². The lowest BCUT2D eigenvalue weighted by Gasteiger charge is -2.21. The molecule has 1 aliphatic heterocycles. The van der Waals surface area contributed by atoms with Gasteiger partial charge < -0.3 is 15.5 Å². The Kier molecular flexibility index (Phi) is 10.0. The second-order valence-corrected chi connectivity index (χ2v) is 7.16. The van der Waals surface area contributed by atoms with Gasteiger partial charge in [0.25, 0.3) is 0 Å². The molecule has 1 saturated heterocycles. The first-order valence-electron chi connectivity index (χ1n) is 8.25. The number of guanidine groups is 1. The Balaban J connectivity index is 0.00000264. The fourth-order valence-corrected chi connectivity index (χ4v) is 3.44. The van der Waals surface area contributed by atoms with E-state index in [0.29, 0.717) is 5.92 Å². The molecule has 2 N–H and O–H groups in total. The van der Waals surface area contributed by atoms with Crippen LogP contribution in [0.15, 0.2) is 10.4 Å². The fraction of sp³-hybridized carbons (Fsp3) is 0.750. The number of rotatable bonds is 7. The summed E-state index contributed by atoms with van der Waals surface area (Å²) in [5, 5.41) is 10.1. The Morgan fingerprint density at radius 2 is 2.13 bits per heavy atom. The third-order valence-electron chi connectivity index (χ3n) is 3.95. The number of halogens is 1. The van der Waals surface area contributed by atoms with Gasteiger partial charge in [0, 0.05) is 38.5 Å². The minimum atomic E-state index is 0.